The highest BCUT2D eigenvalue weighted by Gasteiger charge is 2.30. The van der Waals surface area contributed by atoms with Crippen molar-refractivity contribution >= 4 is 54.1 Å². The lowest BCUT2D eigenvalue weighted by atomic mass is 10.1. The van der Waals surface area contributed by atoms with E-state index in [0.29, 0.717) is 31.6 Å². The van der Waals surface area contributed by atoms with Crippen LogP contribution >= 0.6 is 24.4 Å². The normalized spacial score (nSPS) is 14.5. The molecule has 4 unspecified atom stereocenters. The van der Waals surface area contributed by atoms with Gasteiger partial charge in [-0.15, -0.1) is 0 Å². The van der Waals surface area contributed by atoms with Crippen LogP contribution in [0, 0.1) is 0 Å². The molecule has 0 rings (SSSR count). The number of amides is 3. The Labute approximate surface area is 196 Å². The van der Waals surface area contributed by atoms with E-state index in [9.17, 15) is 24.0 Å². The topological polar surface area (TPSA) is 214 Å². The van der Waals surface area contributed by atoms with E-state index >= 15 is 0 Å². The van der Waals surface area contributed by atoms with E-state index in [1.54, 1.807) is 0 Å². The van der Waals surface area contributed by atoms with Gasteiger partial charge in [-0.25, -0.2) is 4.79 Å². The fourth-order valence-electron chi connectivity index (χ4n) is 2.53. The first-order valence-corrected chi connectivity index (χ1v) is 12.0. The molecule has 9 N–H and O–H groups in total. The molecule has 0 heterocycles. The SMILES string of the molecule is CSCCC(N)C(=O)NC(CS)C(=O)NC(CCCCN)C(=O)NC(CC(=O)O)C(=O)O. The Balaban J connectivity index is 5.24. The molecule has 0 bridgehead atoms. The van der Waals surface area contributed by atoms with Gasteiger partial charge in [0.2, 0.25) is 17.7 Å². The number of unbranched alkanes of at least 4 members (excludes halogenated alkanes) is 1. The Morgan fingerprint density at radius 2 is 1.47 bits per heavy atom. The molecule has 0 fully saturated rings. The second-order valence-corrected chi connectivity index (χ2v) is 8.33. The number of nitrogens with one attached hydrogen (secondary N) is 3. The Kier molecular flexibility index (Phi) is 15.5. The Morgan fingerprint density at radius 3 is 1.97 bits per heavy atom. The number of thiol groups is 1. The van der Waals surface area contributed by atoms with E-state index < -0.39 is 60.2 Å². The van der Waals surface area contributed by atoms with Crippen LogP contribution in [-0.2, 0) is 24.0 Å². The van der Waals surface area contributed by atoms with Gasteiger partial charge in [0.05, 0.1) is 12.5 Å². The highest BCUT2D eigenvalue weighted by molar-refractivity contribution is 7.98. The number of carbonyl (C=O) groups excluding carboxylic acids is 3. The lowest BCUT2D eigenvalue weighted by Crippen LogP contribution is -2.57. The Morgan fingerprint density at radius 1 is 0.906 bits per heavy atom. The first-order chi connectivity index (χ1) is 15.1. The minimum Gasteiger partial charge on any atom is -0.481 e. The maximum Gasteiger partial charge on any atom is 0.326 e. The fraction of sp³-hybridized carbons (Fsp3) is 0.722. The highest BCUT2D eigenvalue weighted by atomic mass is 32.2. The zero-order valence-corrected chi connectivity index (χ0v) is 19.6. The van der Waals surface area contributed by atoms with Gasteiger partial charge in [0.1, 0.15) is 18.1 Å². The first kappa shape index (κ1) is 30.0. The Hall–Kier alpha value is -2.03. The van der Waals surface area contributed by atoms with Gasteiger partial charge in [0.25, 0.3) is 0 Å². The summed E-state index contributed by atoms with van der Waals surface area (Å²) in [6, 6.07) is -4.71. The van der Waals surface area contributed by atoms with E-state index in [0.717, 1.165) is 0 Å². The Bertz CT molecular complexity index is 653. The zero-order chi connectivity index (χ0) is 24.7. The zero-order valence-electron chi connectivity index (χ0n) is 17.9. The molecule has 0 aromatic carbocycles. The predicted octanol–water partition coefficient (Wildman–Crippen LogP) is -1.86. The molecule has 4 atom stereocenters. The van der Waals surface area contributed by atoms with E-state index in [-0.39, 0.29) is 12.2 Å². The molecule has 0 radical (unpaired) electrons. The summed E-state index contributed by atoms with van der Waals surface area (Å²) in [5.41, 5.74) is 11.3. The van der Waals surface area contributed by atoms with Crippen molar-refractivity contribution in [2.45, 2.75) is 56.3 Å². The summed E-state index contributed by atoms with van der Waals surface area (Å²) >= 11 is 5.59. The molecule has 0 saturated carbocycles. The number of hydrogen-bond acceptors (Lipinski definition) is 9. The van der Waals surface area contributed by atoms with Crippen LogP contribution in [0.15, 0.2) is 0 Å². The average molecular weight is 496 g/mol. The summed E-state index contributed by atoms with van der Waals surface area (Å²) in [6.07, 6.45) is 2.59. The summed E-state index contributed by atoms with van der Waals surface area (Å²) in [5, 5.41) is 25.0. The van der Waals surface area contributed by atoms with Gasteiger partial charge < -0.3 is 37.6 Å². The smallest absolute Gasteiger partial charge is 0.326 e. The molecule has 0 aliphatic heterocycles. The molecule has 0 aromatic heterocycles. The van der Waals surface area contributed by atoms with Crippen molar-refractivity contribution in [1.29, 1.82) is 0 Å². The van der Waals surface area contributed by atoms with E-state index in [1.165, 1.54) is 11.8 Å². The van der Waals surface area contributed by atoms with E-state index in [4.69, 9.17) is 21.7 Å². The van der Waals surface area contributed by atoms with Crippen LogP contribution < -0.4 is 27.4 Å². The van der Waals surface area contributed by atoms with Crippen molar-refractivity contribution in [2.75, 3.05) is 24.3 Å². The quantitative estimate of drug-likeness (QED) is 0.0831. The number of carboxylic acid groups (broad SMARTS) is 2. The minimum atomic E-state index is -1.66. The standard InChI is InChI=1S/C18H33N5O7S2/c1-32-7-5-10(20)15(26)23-13(9-31)17(28)21-11(4-2-3-6-19)16(27)22-12(18(29)30)8-14(24)25/h10-13,31H,2-9,19-20H2,1H3,(H,21,28)(H,22,27)(H,23,26)(H,24,25)(H,29,30). The van der Waals surface area contributed by atoms with Crippen molar-refractivity contribution < 1.29 is 34.2 Å². The van der Waals surface area contributed by atoms with Crippen molar-refractivity contribution in [3.8, 4) is 0 Å². The third-order valence-corrected chi connectivity index (χ3v) is 5.37. The van der Waals surface area contributed by atoms with E-state index in [1.807, 2.05) is 6.26 Å². The number of carboxylic acids is 2. The van der Waals surface area contributed by atoms with Crippen molar-refractivity contribution in [3.63, 3.8) is 0 Å². The minimum absolute atomic E-state index is 0.0687. The van der Waals surface area contributed by atoms with Gasteiger partial charge in [-0.1, -0.05) is 0 Å². The highest BCUT2D eigenvalue weighted by Crippen LogP contribution is 2.05. The van der Waals surface area contributed by atoms with Crippen LogP contribution in [0.2, 0.25) is 0 Å². The summed E-state index contributed by atoms with van der Waals surface area (Å²) in [4.78, 5) is 59.5. The van der Waals surface area contributed by atoms with Crippen molar-refractivity contribution in [2.24, 2.45) is 11.5 Å². The maximum atomic E-state index is 12.7. The van der Waals surface area contributed by atoms with Crippen LogP contribution in [0.4, 0.5) is 0 Å². The molecule has 0 aliphatic rings. The number of thioether (sulfide) groups is 1. The molecule has 14 heteroatoms. The predicted molar refractivity (Wildman–Crippen MR) is 123 cm³/mol. The second-order valence-electron chi connectivity index (χ2n) is 6.97. The number of nitrogens with two attached hydrogens (primary N) is 2. The number of hydrogen-bond donors (Lipinski definition) is 8. The van der Waals surface area contributed by atoms with Gasteiger partial charge >= 0.3 is 11.9 Å². The number of carbonyl (C=O) groups is 5. The molecular weight excluding hydrogens is 462 g/mol. The van der Waals surface area contributed by atoms with Crippen LogP contribution in [0.5, 0.6) is 0 Å². The third-order valence-electron chi connectivity index (χ3n) is 4.36. The first-order valence-electron chi connectivity index (χ1n) is 9.98. The van der Waals surface area contributed by atoms with Gasteiger partial charge in [-0.2, -0.15) is 24.4 Å². The van der Waals surface area contributed by atoms with Crippen LogP contribution in [0.25, 0.3) is 0 Å². The largest absolute Gasteiger partial charge is 0.481 e. The lowest BCUT2D eigenvalue weighted by molar-refractivity contribution is -0.147. The molecule has 3 amide bonds. The fourth-order valence-corrected chi connectivity index (χ4v) is 3.28. The van der Waals surface area contributed by atoms with Gasteiger partial charge in [-0.05, 0) is 44.2 Å². The summed E-state index contributed by atoms with van der Waals surface area (Å²) in [5.74, 6) is -4.43. The van der Waals surface area contributed by atoms with Crippen molar-refractivity contribution in [1.82, 2.24) is 16.0 Å². The lowest BCUT2D eigenvalue weighted by Gasteiger charge is -2.24. The molecule has 0 aromatic rings. The summed E-state index contributed by atoms with van der Waals surface area (Å²) in [6.45, 7) is 0.350. The summed E-state index contributed by atoms with van der Waals surface area (Å²) in [7, 11) is 0. The molecule has 0 aliphatic carbocycles. The van der Waals surface area contributed by atoms with Crippen LogP contribution in [0.3, 0.4) is 0 Å². The monoisotopic (exact) mass is 495 g/mol. The van der Waals surface area contributed by atoms with Crippen LogP contribution in [-0.4, -0.2) is 88.3 Å². The average Bonchev–Trinajstić information content (AvgIpc) is 2.73. The third kappa shape index (κ3) is 12.1. The van der Waals surface area contributed by atoms with Crippen molar-refractivity contribution in [3.05, 3.63) is 0 Å². The van der Waals surface area contributed by atoms with Crippen LogP contribution in [0.1, 0.15) is 32.1 Å². The summed E-state index contributed by atoms with van der Waals surface area (Å²) < 4.78 is 0. The molecule has 12 nitrogen and oxygen atoms in total. The maximum absolute atomic E-state index is 12.7. The molecule has 32 heavy (non-hydrogen) atoms. The van der Waals surface area contributed by atoms with Gasteiger partial charge in [-0.3, -0.25) is 19.2 Å². The number of aliphatic carboxylic acids is 2. The molecule has 184 valence electrons. The molecule has 0 spiro atoms. The van der Waals surface area contributed by atoms with Gasteiger partial charge in [0, 0.05) is 5.75 Å². The van der Waals surface area contributed by atoms with Gasteiger partial charge in [0.15, 0.2) is 0 Å². The second kappa shape index (κ2) is 16.6. The number of rotatable bonds is 17. The molecule has 0 saturated heterocycles. The molecular formula is C18H33N5O7S2. The van der Waals surface area contributed by atoms with E-state index in [2.05, 4.69) is 28.6 Å².